The smallest absolute Gasteiger partial charge is 0.293 e. The van der Waals surface area contributed by atoms with Crippen LogP contribution in [0.15, 0.2) is 48.5 Å². The molecule has 142 valence electrons. The van der Waals surface area contributed by atoms with E-state index in [0.29, 0.717) is 30.6 Å². The van der Waals surface area contributed by atoms with E-state index in [-0.39, 0.29) is 22.8 Å². The highest BCUT2D eigenvalue weighted by molar-refractivity contribution is 7.89. The molecule has 0 spiro atoms. The summed E-state index contributed by atoms with van der Waals surface area (Å²) in [6.45, 7) is 0.493. The van der Waals surface area contributed by atoms with Gasteiger partial charge in [0.25, 0.3) is 5.69 Å². The number of rotatable bonds is 6. The largest absolute Gasteiger partial charge is 0.362 e. The van der Waals surface area contributed by atoms with Gasteiger partial charge in [0.1, 0.15) is 5.69 Å². The van der Waals surface area contributed by atoms with Crippen molar-refractivity contribution in [3.8, 4) is 0 Å². The van der Waals surface area contributed by atoms with Crippen molar-refractivity contribution >= 4 is 27.2 Å². The van der Waals surface area contributed by atoms with Crippen LogP contribution in [-0.2, 0) is 10.0 Å². The molecule has 0 unspecified atom stereocenters. The zero-order valence-electron chi connectivity index (χ0n) is 14.4. The molecule has 0 amide bonds. The van der Waals surface area contributed by atoms with E-state index in [1.54, 1.807) is 35.2 Å². The third-order valence-corrected chi connectivity index (χ3v) is 5.43. The van der Waals surface area contributed by atoms with Crippen LogP contribution >= 0.6 is 0 Å². The molecule has 2 aromatic carbocycles. The van der Waals surface area contributed by atoms with Gasteiger partial charge in [-0.1, -0.05) is 30.3 Å². The maximum atomic E-state index is 12.6. The van der Waals surface area contributed by atoms with E-state index in [0.717, 1.165) is 0 Å². The highest BCUT2D eigenvalue weighted by Gasteiger charge is 2.32. The van der Waals surface area contributed by atoms with Crippen molar-refractivity contribution in [2.75, 3.05) is 17.2 Å². The third-order valence-electron chi connectivity index (χ3n) is 4.58. The van der Waals surface area contributed by atoms with Crippen LogP contribution in [-0.4, -0.2) is 37.5 Å². The number of hydrogen-bond donors (Lipinski definition) is 1. The van der Waals surface area contributed by atoms with Gasteiger partial charge in [-0.3, -0.25) is 14.9 Å². The number of hydrogen-bond acceptors (Lipinski definition) is 6. The zero-order valence-corrected chi connectivity index (χ0v) is 15.3. The molecule has 3 rings (SSSR count). The van der Waals surface area contributed by atoms with Gasteiger partial charge in [-0.2, -0.15) is 0 Å². The molecule has 0 bridgehead atoms. The molecule has 9 heteroatoms. The Morgan fingerprint density at radius 2 is 1.89 bits per heavy atom. The van der Waals surface area contributed by atoms with Crippen molar-refractivity contribution in [3.63, 3.8) is 0 Å². The van der Waals surface area contributed by atoms with E-state index < -0.39 is 21.0 Å². The Hall–Kier alpha value is -2.78. The van der Waals surface area contributed by atoms with Crippen LogP contribution in [0.3, 0.4) is 0 Å². The standard InChI is InChI=1S/C18H19N3O5S/c19-27(25,26)12-15-7-4-10-20(15)16-9-8-14(11-17(16)21(23)24)18(22)13-5-2-1-3-6-13/h1-3,5-6,8-9,11,15H,4,7,10,12H2,(H2,19,25,26)/t15-/m1/s1. The zero-order chi connectivity index (χ0) is 19.6. The average molecular weight is 389 g/mol. The number of anilines is 1. The second-order valence-corrected chi connectivity index (χ2v) is 8.13. The first-order chi connectivity index (χ1) is 12.8. The molecule has 0 saturated carbocycles. The lowest BCUT2D eigenvalue weighted by Gasteiger charge is -2.26. The van der Waals surface area contributed by atoms with Crippen molar-refractivity contribution in [2.45, 2.75) is 18.9 Å². The summed E-state index contributed by atoms with van der Waals surface area (Å²) in [5, 5.41) is 16.8. The van der Waals surface area contributed by atoms with Crippen molar-refractivity contribution in [1.82, 2.24) is 0 Å². The number of carbonyl (C=O) groups is 1. The highest BCUT2D eigenvalue weighted by Crippen LogP contribution is 2.35. The van der Waals surface area contributed by atoms with Crippen LogP contribution in [0.2, 0.25) is 0 Å². The quantitative estimate of drug-likeness (QED) is 0.458. The van der Waals surface area contributed by atoms with Gasteiger partial charge in [-0.15, -0.1) is 0 Å². The van der Waals surface area contributed by atoms with Gasteiger partial charge in [0.2, 0.25) is 10.0 Å². The number of sulfonamides is 1. The summed E-state index contributed by atoms with van der Waals surface area (Å²) < 4.78 is 22.9. The predicted molar refractivity (Wildman–Crippen MR) is 101 cm³/mol. The van der Waals surface area contributed by atoms with Crippen molar-refractivity contribution in [2.24, 2.45) is 5.14 Å². The number of carbonyl (C=O) groups excluding carboxylic acids is 1. The van der Waals surface area contributed by atoms with Gasteiger partial charge in [-0.25, -0.2) is 13.6 Å². The van der Waals surface area contributed by atoms with E-state index in [9.17, 15) is 23.3 Å². The van der Waals surface area contributed by atoms with Crippen molar-refractivity contribution in [1.29, 1.82) is 0 Å². The van der Waals surface area contributed by atoms with Crippen LogP contribution in [0.4, 0.5) is 11.4 Å². The van der Waals surface area contributed by atoms with Gasteiger partial charge in [0, 0.05) is 29.8 Å². The Balaban J connectivity index is 1.97. The van der Waals surface area contributed by atoms with E-state index in [1.165, 1.54) is 18.2 Å². The maximum Gasteiger partial charge on any atom is 0.293 e. The van der Waals surface area contributed by atoms with Gasteiger partial charge in [0.15, 0.2) is 5.78 Å². The highest BCUT2D eigenvalue weighted by atomic mass is 32.2. The number of nitro benzene ring substituents is 1. The van der Waals surface area contributed by atoms with E-state index >= 15 is 0 Å². The summed E-state index contributed by atoms with van der Waals surface area (Å²) >= 11 is 0. The lowest BCUT2D eigenvalue weighted by atomic mass is 10.0. The lowest BCUT2D eigenvalue weighted by molar-refractivity contribution is -0.384. The second-order valence-electron chi connectivity index (χ2n) is 6.47. The summed E-state index contributed by atoms with van der Waals surface area (Å²) in [6, 6.07) is 12.4. The molecule has 1 atom stereocenters. The van der Waals surface area contributed by atoms with Crippen LogP contribution < -0.4 is 10.0 Å². The Morgan fingerprint density at radius 1 is 1.19 bits per heavy atom. The topological polar surface area (TPSA) is 124 Å². The van der Waals surface area contributed by atoms with Crippen LogP contribution in [0.5, 0.6) is 0 Å². The molecule has 8 nitrogen and oxygen atoms in total. The Morgan fingerprint density at radius 3 is 2.52 bits per heavy atom. The normalized spacial score (nSPS) is 17.1. The first kappa shape index (κ1) is 19.0. The molecule has 1 fully saturated rings. The SMILES string of the molecule is NS(=O)(=O)C[C@H]1CCCN1c1ccc(C(=O)c2ccccc2)cc1[N+](=O)[O-]. The summed E-state index contributed by atoms with van der Waals surface area (Å²) in [4.78, 5) is 25.3. The monoisotopic (exact) mass is 389 g/mol. The van der Waals surface area contributed by atoms with E-state index in [1.807, 2.05) is 0 Å². The molecule has 1 aliphatic heterocycles. The number of nitrogens with two attached hydrogens (primary N) is 1. The molecule has 1 heterocycles. The summed E-state index contributed by atoms with van der Waals surface area (Å²) in [5.41, 5.74) is 0.723. The molecule has 2 N–H and O–H groups in total. The number of primary sulfonamides is 1. The average Bonchev–Trinajstić information content (AvgIpc) is 3.07. The molecule has 0 aliphatic carbocycles. The molecular weight excluding hydrogens is 370 g/mol. The molecule has 1 aliphatic rings. The molecule has 0 radical (unpaired) electrons. The van der Waals surface area contributed by atoms with Crippen molar-refractivity contribution < 1.29 is 18.1 Å². The van der Waals surface area contributed by atoms with Gasteiger partial charge < -0.3 is 4.90 Å². The summed E-state index contributed by atoms with van der Waals surface area (Å²) in [6.07, 6.45) is 1.29. The lowest BCUT2D eigenvalue weighted by Crippen LogP contribution is -2.37. The van der Waals surface area contributed by atoms with Crippen LogP contribution in [0, 0.1) is 10.1 Å². The molecule has 2 aromatic rings. The Kier molecular flexibility index (Phi) is 5.24. The van der Waals surface area contributed by atoms with E-state index in [4.69, 9.17) is 5.14 Å². The summed E-state index contributed by atoms with van der Waals surface area (Å²) in [7, 11) is -3.70. The third kappa shape index (κ3) is 4.32. The van der Waals surface area contributed by atoms with Crippen molar-refractivity contribution in [3.05, 3.63) is 69.8 Å². The maximum absolute atomic E-state index is 12.6. The molecule has 0 aromatic heterocycles. The summed E-state index contributed by atoms with van der Waals surface area (Å²) in [5.74, 6) is -0.581. The fraction of sp³-hybridized carbons (Fsp3) is 0.278. The molecule has 1 saturated heterocycles. The second kappa shape index (κ2) is 7.45. The predicted octanol–water partition coefficient (Wildman–Crippen LogP) is 2.08. The molecule has 27 heavy (non-hydrogen) atoms. The first-order valence-electron chi connectivity index (χ1n) is 8.41. The van der Waals surface area contributed by atoms with Gasteiger partial charge in [0.05, 0.1) is 10.7 Å². The Bertz CT molecular complexity index is 976. The van der Waals surface area contributed by atoms with Gasteiger partial charge >= 0.3 is 0 Å². The van der Waals surface area contributed by atoms with Gasteiger partial charge in [-0.05, 0) is 25.0 Å². The van der Waals surface area contributed by atoms with Crippen LogP contribution in [0.25, 0.3) is 0 Å². The Labute approximate surface area is 156 Å². The minimum Gasteiger partial charge on any atom is -0.362 e. The fourth-order valence-electron chi connectivity index (χ4n) is 3.40. The fourth-order valence-corrected chi connectivity index (χ4v) is 4.29. The number of benzene rings is 2. The van der Waals surface area contributed by atoms with E-state index in [2.05, 4.69) is 0 Å². The molecular formula is C18H19N3O5S. The number of nitro groups is 1. The number of nitrogens with zero attached hydrogens (tertiary/aromatic N) is 2. The minimum absolute atomic E-state index is 0.207. The minimum atomic E-state index is -3.70. The number of ketones is 1. The first-order valence-corrected chi connectivity index (χ1v) is 10.1. The van der Waals surface area contributed by atoms with Crippen LogP contribution in [0.1, 0.15) is 28.8 Å².